The zero-order valence-corrected chi connectivity index (χ0v) is 10.9. The lowest BCUT2D eigenvalue weighted by Crippen LogP contribution is -2.33. The molecule has 1 unspecified atom stereocenters. The number of carbonyl (C=O) groups is 2. The lowest BCUT2D eigenvalue weighted by atomic mass is 10.1. The maximum Gasteiger partial charge on any atom is 0.416 e. The summed E-state index contributed by atoms with van der Waals surface area (Å²) in [5.74, 6) is -2.52. The van der Waals surface area contributed by atoms with Gasteiger partial charge in [0.1, 0.15) is 0 Å². The highest BCUT2D eigenvalue weighted by molar-refractivity contribution is 5.94. The Morgan fingerprint density at radius 3 is 2.45 bits per heavy atom. The van der Waals surface area contributed by atoms with Gasteiger partial charge in [0, 0.05) is 19.2 Å². The van der Waals surface area contributed by atoms with Gasteiger partial charge in [-0.05, 0) is 18.2 Å². The molecular formula is C13H14F3NO3. The van der Waals surface area contributed by atoms with Gasteiger partial charge in [-0.2, -0.15) is 13.2 Å². The van der Waals surface area contributed by atoms with Crippen LogP contribution in [0.25, 0.3) is 0 Å². The maximum absolute atomic E-state index is 12.5. The zero-order valence-electron chi connectivity index (χ0n) is 10.9. The van der Waals surface area contributed by atoms with Crippen molar-refractivity contribution in [2.24, 2.45) is 5.92 Å². The van der Waals surface area contributed by atoms with E-state index >= 15 is 0 Å². The van der Waals surface area contributed by atoms with Gasteiger partial charge < -0.3 is 10.0 Å². The van der Waals surface area contributed by atoms with Crippen LogP contribution >= 0.6 is 0 Å². The molecule has 7 heteroatoms. The molecule has 1 rings (SSSR count). The summed E-state index contributed by atoms with van der Waals surface area (Å²) in [4.78, 5) is 23.7. The van der Waals surface area contributed by atoms with E-state index in [1.54, 1.807) is 0 Å². The number of benzene rings is 1. The summed E-state index contributed by atoms with van der Waals surface area (Å²) in [6.07, 6.45) is -4.52. The predicted molar refractivity (Wildman–Crippen MR) is 65.2 cm³/mol. The second kappa shape index (κ2) is 5.94. The summed E-state index contributed by atoms with van der Waals surface area (Å²) in [5, 5.41) is 8.75. The molecule has 1 N–H and O–H groups in total. The Kier molecular flexibility index (Phi) is 4.75. The Labute approximate surface area is 113 Å². The first kappa shape index (κ1) is 16.0. The smallest absolute Gasteiger partial charge is 0.416 e. The van der Waals surface area contributed by atoms with Gasteiger partial charge in [-0.25, -0.2) is 0 Å². The molecule has 0 saturated carbocycles. The average molecular weight is 289 g/mol. The minimum atomic E-state index is -4.52. The van der Waals surface area contributed by atoms with Crippen LogP contribution in [0, 0.1) is 5.92 Å². The maximum atomic E-state index is 12.5. The number of aliphatic carboxylic acids is 1. The van der Waals surface area contributed by atoms with Gasteiger partial charge in [-0.15, -0.1) is 0 Å². The molecule has 110 valence electrons. The van der Waals surface area contributed by atoms with E-state index in [1.165, 1.54) is 20.0 Å². The third-order valence-electron chi connectivity index (χ3n) is 2.75. The Hall–Kier alpha value is -2.05. The summed E-state index contributed by atoms with van der Waals surface area (Å²) in [6, 6.07) is 4.03. The van der Waals surface area contributed by atoms with Crippen LogP contribution in [0.5, 0.6) is 0 Å². The van der Waals surface area contributed by atoms with E-state index in [4.69, 9.17) is 5.11 Å². The Morgan fingerprint density at radius 1 is 1.35 bits per heavy atom. The van der Waals surface area contributed by atoms with Crippen LogP contribution in [-0.2, 0) is 11.0 Å². The SMILES string of the molecule is CC(CN(C)C(=O)c1cccc(C(F)(F)F)c1)C(=O)O. The summed E-state index contributed by atoms with van der Waals surface area (Å²) in [7, 11) is 1.35. The number of carboxylic acids is 1. The predicted octanol–water partition coefficient (Wildman–Crippen LogP) is 2.50. The van der Waals surface area contributed by atoms with Gasteiger partial charge >= 0.3 is 12.1 Å². The molecule has 0 aliphatic heterocycles. The number of hydrogen-bond acceptors (Lipinski definition) is 2. The number of halogens is 3. The second-order valence-corrected chi connectivity index (χ2v) is 4.50. The number of amides is 1. The first-order chi connectivity index (χ1) is 9.12. The van der Waals surface area contributed by atoms with Gasteiger partial charge in [0.2, 0.25) is 0 Å². The quantitative estimate of drug-likeness (QED) is 0.926. The zero-order chi connectivity index (χ0) is 15.5. The Balaban J connectivity index is 2.90. The molecule has 4 nitrogen and oxygen atoms in total. The van der Waals surface area contributed by atoms with Crippen molar-refractivity contribution in [1.29, 1.82) is 0 Å². The first-order valence-electron chi connectivity index (χ1n) is 5.78. The lowest BCUT2D eigenvalue weighted by molar-refractivity contribution is -0.141. The molecule has 0 fully saturated rings. The molecule has 0 radical (unpaired) electrons. The fourth-order valence-corrected chi connectivity index (χ4v) is 1.62. The molecule has 0 spiro atoms. The monoisotopic (exact) mass is 289 g/mol. The van der Waals surface area contributed by atoms with Gasteiger partial charge in [0.15, 0.2) is 0 Å². The number of alkyl halides is 3. The number of carbonyl (C=O) groups excluding carboxylic acids is 1. The van der Waals surface area contributed by atoms with Gasteiger partial charge in [-0.1, -0.05) is 13.0 Å². The molecule has 0 aliphatic rings. The van der Waals surface area contributed by atoms with Crippen molar-refractivity contribution >= 4 is 11.9 Å². The van der Waals surface area contributed by atoms with E-state index in [0.29, 0.717) is 0 Å². The van der Waals surface area contributed by atoms with Gasteiger partial charge in [-0.3, -0.25) is 9.59 Å². The minimum absolute atomic E-state index is 0.0790. The van der Waals surface area contributed by atoms with E-state index in [9.17, 15) is 22.8 Å². The first-order valence-corrected chi connectivity index (χ1v) is 5.78. The third kappa shape index (κ3) is 3.97. The molecule has 1 aromatic rings. The molecule has 0 bridgehead atoms. The normalized spacial score (nSPS) is 12.8. The number of rotatable bonds is 4. The summed E-state index contributed by atoms with van der Waals surface area (Å²) < 4.78 is 37.6. The van der Waals surface area contributed by atoms with E-state index in [-0.39, 0.29) is 12.1 Å². The highest BCUT2D eigenvalue weighted by Crippen LogP contribution is 2.29. The number of nitrogens with zero attached hydrogens (tertiary/aromatic N) is 1. The van der Waals surface area contributed by atoms with E-state index < -0.39 is 29.5 Å². The van der Waals surface area contributed by atoms with Crippen LogP contribution < -0.4 is 0 Å². The van der Waals surface area contributed by atoms with Crippen molar-refractivity contribution in [3.63, 3.8) is 0 Å². The lowest BCUT2D eigenvalue weighted by Gasteiger charge is -2.20. The Morgan fingerprint density at radius 2 is 1.95 bits per heavy atom. The van der Waals surface area contributed by atoms with E-state index in [0.717, 1.165) is 23.1 Å². The van der Waals surface area contributed by atoms with Crippen LogP contribution in [0.1, 0.15) is 22.8 Å². The van der Waals surface area contributed by atoms with Crippen molar-refractivity contribution < 1.29 is 27.9 Å². The molecular weight excluding hydrogens is 275 g/mol. The largest absolute Gasteiger partial charge is 0.481 e. The van der Waals surface area contributed by atoms with Crippen molar-refractivity contribution in [3.8, 4) is 0 Å². The summed E-state index contributed by atoms with van der Waals surface area (Å²) in [6.45, 7) is 1.34. The Bertz CT molecular complexity index is 514. The van der Waals surface area contributed by atoms with Crippen LogP contribution in [0.15, 0.2) is 24.3 Å². The van der Waals surface area contributed by atoms with Crippen LogP contribution in [-0.4, -0.2) is 35.5 Å². The average Bonchev–Trinajstić information content (AvgIpc) is 2.36. The minimum Gasteiger partial charge on any atom is -0.481 e. The van der Waals surface area contributed by atoms with Crippen molar-refractivity contribution in [2.75, 3.05) is 13.6 Å². The number of hydrogen-bond donors (Lipinski definition) is 1. The highest BCUT2D eigenvalue weighted by Gasteiger charge is 2.31. The van der Waals surface area contributed by atoms with Crippen LogP contribution in [0.4, 0.5) is 13.2 Å². The molecule has 0 aliphatic carbocycles. The molecule has 0 heterocycles. The second-order valence-electron chi connectivity index (χ2n) is 4.50. The molecule has 1 amide bonds. The fraction of sp³-hybridized carbons (Fsp3) is 0.385. The molecule has 0 aromatic heterocycles. The van der Waals surface area contributed by atoms with Crippen LogP contribution in [0.3, 0.4) is 0 Å². The van der Waals surface area contributed by atoms with E-state index in [1.807, 2.05) is 0 Å². The van der Waals surface area contributed by atoms with Crippen molar-refractivity contribution in [2.45, 2.75) is 13.1 Å². The fourth-order valence-electron chi connectivity index (χ4n) is 1.62. The summed E-state index contributed by atoms with van der Waals surface area (Å²) in [5.41, 5.74) is -1.04. The standard InChI is InChI=1S/C13H14F3NO3/c1-8(12(19)20)7-17(2)11(18)9-4-3-5-10(6-9)13(14,15)16/h3-6,8H,7H2,1-2H3,(H,19,20). The van der Waals surface area contributed by atoms with E-state index in [2.05, 4.69) is 0 Å². The molecule has 20 heavy (non-hydrogen) atoms. The van der Waals surface area contributed by atoms with Crippen molar-refractivity contribution in [1.82, 2.24) is 4.90 Å². The topological polar surface area (TPSA) is 57.6 Å². The summed E-state index contributed by atoms with van der Waals surface area (Å²) >= 11 is 0. The van der Waals surface area contributed by atoms with Crippen molar-refractivity contribution in [3.05, 3.63) is 35.4 Å². The number of carboxylic acid groups (broad SMARTS) is 1. The van der Waals surface area contributed by atoms with Crippen LogP contribution in [0.2, 0.25) is 0 Å². The van der Waals surface area contributed by atoms with Gasteiger partial charge in [0.25, 0.3) is 5.91 Å². The molecule has 1 aromatic carbocycles. The highest BCUT2D eigenvalue weighted by atomic mass is 19.4. The molecule has 1 atom stereocenters. The molecule has 0 saturated heterocycles. The third-order valence-corrected chi connectivity index (χ3v) is 2.75. The van der Waals surface area contributed by atoms with Gasteiger partial charge in [0.05, 0.1) is 11.5 Å².